The highest BCUT2D eigenvalue weighted by Crippen LogP contribution is 2.21. The summed E-state index contributed by atoms with van der Waals surface area (Å²) in [6.45, 7) is 1.04. The van der Waals surface area contributed by atoms with Crippen molar-refractivity contribution in [3.63, 3.8) is 0 Å². The number of likely N-dealkylation sites (tertiary alicyclic amines) is 1. The number of piperidine rings is 1. The first-order valence-electron chi connectivity index (χ1n) is 9.13. The maximum atomic E-state index is 13.8. The number of amides is 1. The van der Waals surface area contributed by atoms with E-state index in [0.717, 1.165) is 12.1 Å². The van der Waals surface area contributed by atoms with E-state index < -0.39 is 17.5 Å². The molecule has 2 aromatic rings. The van der Waals surface area contributed by atoms with Gasteiger partial charge in [0.1, 0.15) is 30.6 Å². The van der Waals surface area contributed by atoms with Gasteiger partial charge in [-0.1, -0.05) is 18.2 Å². The third kappa shape index (κ3) is 5.06. The average molecular weight is 389 g/mol. The second kappa shape index (κ2) is 9.30. The Balaban J connectivity index is 1.41. The van der Waals surface area contributed by atoms with Crippen LogP contribution in [0.3, 0.4) is 0 Å². The van der Waals surface area contributed by atoms with Crippen LogP contribution in [0, 0.1) is 17.6 Å². The van der Waals surface area contributed by atoms with E-state index in [9.17, 15) is 18.4 Å². The van der Waals surface area contributed by atoms with Gasteiger partial charge in [0.15, 0.2) is 0 Å². The second-order valence-electron chi connectivity index (χ2n) is 6.52. The lowest BCUT2D eigenvalue weighted by Crippen LogP contribution is -2.41. The van der Waals surface area contributed by atoms with Gasteiger partial charge in [-0.25, -0.2) is 8.78 Å². The summed E-state index contributed by atoms with van der Waals surface area (Å²) < 4.78 is 37.5. The number of halogens is 2. The summed E-state index contributed by atoms with van der Waals surface area (Å²) in [5.41, 5.74) is -0.166. The molecule has 28 heavy (non-hydrogen) atoms. The van der Waals surface area contributed by atoms with Gasteiger partial charge in [0.05, 0.1) is 11.5 Å². The van der Waals surface area contributed by atoms with Gasteiger partial charge < -0.3 is 14.4 Å². The van der Waals surface area contributed by atoms with Crippen LogP contribution in [0.15, 0.2) is 48.5 Å². The van der Waals surface area contributed by atoms with Crippen LogP contribution in [-0.2, 0) is 9.53 Å². The fourth-order valence-electron chi connectivity index (χ4n) is 3.09. The van der Waals surface area contributed by atoms with Crippen molar-refractivity contribution >= 4 is 11.9 Å². The Hall–Kier alpha value is -2.96. The molecule has 1 heterocycles. The minimum atomic E-state index is -0.884. The molecule has 0 atom stereocenters. The molecule has 148 valence electrons. The van der Waals surface area contributed by atoms with Gasteiger partial charge >= 0.3 is 5.97 Å². The number of para-hydroxylation sites is 1. The summed E-state index contributed by atoms with van der Waals surface area (Å²) >= 11 is 0. The van der Waals surface area contributed by atoms with E-state index in [-0.39, 0.29) is 30.7 Å². The molecule has 1 saturated heterocycles. The molecule has 7 heteroatoms. The summed E-state index contributed by atoms with van der Waals surface area (Å²) in [6.07, 6.45) is 0.875. The monoisotopic (exact) mass is 389 g/mol. The summed E-state index contributed by atoms with van der Waals surface area (Å²) in [6, 6.07) is 12.1. The summed E-state index contributed by atoms with van der Waals surface area (Å²) in [5.74, 6) is -2.04. The zero-order chi connectivity index (χ0) is 19.9. The van der Waals surface area contributed by atoms with Gasteiger partial charge in [-0.3, -0.25) is 9.59 Å². The third-order valence-electron chi connectivity index (χ3n) is 4.62. The first kappa shape index (κ1) is 19.8. The van der Waals surface area contributed by atoms with Gasteiger partial charge in [0, 0.05) is 19.2 Å². The quantitative estimate of drug-likeness (QED) is 0.561. The number of rotatable bonds is 6. The number of nitrogens with zero attached hydrogens (tertiary/aromatic N) is 1. The fourth-order valence-corrected chi connectivity index (χ4v) is 3.09. The molecule has 0 aliphatic carbocycles. The van der Waals surface area contributed by atoms with Crippen LogP contribution < -0.4 is 4.74 Å². The Morgan fingerprint density at radius 3 is 2.39 bits per heavy atom. The van der Waals surface area contributed by atoms with E-state index >= 15 is 0 Å². The van der Waals surface area contributed by atoms with Crippen molar-refractivity contribution in [2.45, 2.75) is 12.8 Å². The molecule has 3 rings (SSSR count). The highest BCUT2D eigenvalue weighted by Gasteiger charge is 2.29. The molecule has 0 bridgehead atoms. The standard InChI is InChI=1S/C21H21F2NO4/c22-16-6-7-18(19(23)14-16)20(25)24-10-8-15(9-11-24)21(26)28-13-12-27-17-4-2-1-3-5-17/h1-7,14-15H,8-13H2. The van der Waals surface area contributed by atoms with Gasteiger partial charge in [0.2, 0.25) is 0 Å². The average Bonchev–Trinajstić information content (AvgIpc) is 2.71. The van der Waals surface area contributed by atoms with Crippen LogP contribution in [0.4, 0.5) is 8.78 Å². The molecule has 1 fully saturated rings. The smallest absolute Gasteiger partial charge is 0.309 e. The Bertz CT molecular complexity index is 820. The molecule has 0 spiro atoms. The lowest BCUT2D eigenvalue weighted by Gasteiger charge is -2.31. The number of ether oxygens (including phenoxy) is 2. The zero-order valence-electron chi connectivity index (χ0n) is 15.3. The topological polar surface area (TPSA) is 55.8 Å². The minimum Gasteiger partial charge on any atom is -0.490 e. The molecule has 5 nitrogen and oxygen atoms in total. The van der Waals surface area contributed by atoms with Crippen LogP contribution in [0.1, 0.15) is 23.2 Å². The zero-order valence-corrected chi connectivity index (χ0v) is 15.3. The van der Waals surface area contributed by atoms with E-state index in [0.29, 0.717) is 37.7 Å². The highest BCUT2D eigenvalue weighted by molar-refractivity contribution is 5.94. The Kier molecular flexibility index (Phi) is 6.57. The minimum absolute atomic E-state index is 0.146. The molecule has 0 aromatic heterocycles. The van der Waals surface area contributed by atoms with Gasteiger partial charge in [0.25, 0.3) is 5.91 Å². The van der Waals surface area contributed by atoms with Crippen LogP contribution >= 0.6 is 0 Å². The normalized spacial score (nSPS) is 14.6. The van der Waals surface area contributed by atoms with Crippen molar-refractivity contribution in [3.8, 4) is 5.75 Å². The van der Waals surface area contributed by atoms with Gasteiger partial charge in [-0.05, 0) is 37.1 Å². The molecule has 2 aromatic carbocycles. The predicted octanol–water partition coefficient (Wildman–Crippen LogP) is 3.44. The number of carbonyl (C=O) groups is 2. The molecule has 0 unspecified atom stereocenters. The van der Waals surface area contributed by atoms with Crippen molar-refractivity contribution < 1.29 is 27.8 Å². The first-order valence-corrected chi connectivity index (χ1v) is 9.13. The maximum Gasteiger partial charge on any atom is 0.309 e. The van der Waals surface area contributed by atoms with Crippen LogP contribution in [0.5, 0.6) is 5.75 Å². The number of hydrogen-bond acceptors (Lipinski definition) is 4. The van der Waals surface area contributed by atoms with Crippen molar-refractivity contribution in [2.75, 3.05) is 26.3 Å². The van der Waals surface area contributed by atoms with Crippen molar-refractivity contribution in [2.24, 2.45) is 5.92 Å². The van der Waals surface area contributed by atoms with Crippen LogP contribution in [0.2, 0.25) is 0 Å². The number of carbonyl (C=O) groups excluding carboxylic acids is 2. The molecule has 0 N–H and O–H groups in total. The molecule has 0 saturated carbocycles. The van der Waals surface area contributed by atoms with E-state index in [2.05, 4.69) is 0 Å². The van der Waals surface area contributed by atoms with E-state index in [4.69, 9.17) is 9.47 Å². The molecular weight excluding hydrogens is 368 g/mol. The van der Waals surface area contributed by atoms with E-state index in [1.54, 1.807) is 0 Å². The Labute approximate surface area is 161 Å². The third-order valence-corrected chi connectivity index (χ3v) is 4.62. The lowest BCUT2D eigenvalue weighted by atomic mass is 9.96. The van der Waals surface area contributed by atoms with Crippen molar-refractivity contribution in [1.29, 1.82) is 0 Å². The summed E-state index contributed by atoms with van der Waals surface area (Å²) in [5, 5.41) is 0. The lowest BCUT2D eigenvalue weighted by molar-refractivity contribution is -0.150. The number of hydrogen-bond donors (Lipinski definition) is 0. The van der Waals surface area contributed by atoms with Crippen molar-refractivity contribution in [3.05, 3.63) is 65.7 Å². The van der Waals surface area contributed by atoms with E-state index in [1.807, 2.05) is 30.3 Å². The second-order valence-corrected chi connectivity index (χ2v) is 6.52. The highest BCUT2D eigenvalue weighted by atomic mass is 19.1. The SMILES string of the molecule is O=C(OCCOc1ccccc1)C1CCN(C(=O)c2ccc(F)cc2F)CC1. The Morgan fingerprint density at radius 1 is 1.00 bits per heavy atom. The maximum absolute atomic E-state index is 13.8. The molecule has 0 radical (unpaired) electrons. The number of benzene rings is 2. The summed E-state index contributed by atoms with van der Waals surface area (Å²) in [4.78, 5) is 26.0. The molecule has 1 aliphatic rings. The predicted molar refractivity (Wildman–Crippen MR) is 97.9 cm³/mol. The first-order chi connectivity index (χ1) is 13.5. The van der Waals surface area contributed by atoms with Gasteiger partial charge in [-0.2, -0.15) is 0 Å². The van der Waals surface area contributed by atoms with Crippen molar-refractivity contribution in [1.82, 2.24) is 4.90 Å². The Morgan fingerprint density at radius 2 is 1.71 bits per heavy atom. The fraction of sp³-hybridized carbons (Fsp3) is 0.333. The summed E-state index contributed by atoms with van der Waals surface area (Å²) in [7, 11) is 0. The molecule has 1 amide bonds. The van der Waals surface area contributed by atoms with Gasteiger partial charge in [-0.15, -0.1) is 0 Å². The largest absolute Gasteiger partial charge is 0.490 e. The van der Waals surface area contributed by atoms with E-state index in [1.165, 1.54) is 4.90 Å². The molecule has 1 aliphatic heterocycles. The van der Waals surface area contributed by atoms with Crippen LogP contribution in [-0.4, -0.2) is 43.1 Å². The molecular formula is C21H21F2NO4. The van der Waals surface area contributed by atoms with Crippen LogP contribution in [0.25, 0.3) is 0 Å². The number of esters is 1.